The highest BCUT2D eigenvalue weighted by atomic mass is 19.3. The van der Waals surface area contributed by atoms with Crippen LogP contribution in [0.15, 0.2) is 27.7 Å². The van der Waals surface area contributed by atoms with Crippen molar-refractivity contribution in [1.82, 2.24) is 14.8 Å². The summed E-state index contributed by atoms with van der Waals surface area (Å²) in [5.74, 6) is -1.36. The van der Waals surface area contributed by atoms with Gasteiger partial charge in [-0.1, -0.05) is 0 Å². The minimum atomic E-state index is -3.49. The number of hydrogen-bond donors (Lipinski definition) is 1. The summed E-state index contributed by atoms with van der Waals surface area (Å²) < 4.78 is 59.0. The van der Waals surface area contributed by atoms with Crippen LogP contribution in [-0.2, 0) is 6.54 Å². The molecule has 2 aromatic rings. The number of alkyl halides is 4. The molecule has 146 valence electrons. The molecule has 1 atom stereocenters. The van der Waals surface area contributed by atoms with Crippen molar-refractivity contribution in [2.75, 3.05) is 0 Å². The van der Waals surface area contributed by atoms with Gasteiger partial charge in [0, 0.05) is 12.1 Å². The van der Waals surface area contributed by atoms with E-state index in [2.05, 4.69) is 10.2 Å². The molecule has 1 aliphatic heterocycles. The second-order valence-corrected chi connectivity index (χ2v) is 6.22. The Morgan fingerprint density at radius 1 is 1.33 bits per heavy atom. The smallest absolute Gasteiger partial charge is 0.312 e. The molecular formula is C16H16F4N4O3. The van der Waals surface area contributed by atoms with Gasteiger partial charge in [-0.3, -0.25) is 9.48 Å². The Morgan fingerprint density at radius 2 is 2.04 bits per heavy atom. The summed E-state index contributed by atoms with van der Waals surface area (Å²) in [5, 5.41) is 17.4. The molecule has 27 heavy (non-hydrogen) atoms. The standard InChI is InChI=1S/C16H16F4N4O3/c1-8-5-9(2)23(21-8)7-10-3-4-12(27-10)14(25)24-16(26,15(19)20)6-11(22-24)13(17)18/h3-5,13,15,26H,6-7H2,1-2H3/t16-/m1/s1. The zero-order valence-corrected chi connectivity index (χ0v) is 14.4. The van der Waals surface area contributed by atoms with E-state index in [0.717, 1.165) is 11.4 Å². The Hall–Kier alpha value is -2.69. The van der Waals surface area contributed by atoms with Gasteiger partial charge < -0.3 is 9.52 Å². The van der Waals surface area contributed by atoms with Crippen LogP contribution in [0.1, 0.15) is 34.1 Å². The number of furan rings is 1. The normalized spacial score (nSPS) is 20.0. The molecule has 0 fully saturated rings. The van der Waals surface area contributed by atoms with E-state index in [1.807, 2.05) is 13.0 Å². The minimum absolute atomic E-state index is 0.0366. The van der Waals surface area contributed by atoms with Crippen LogP contribution in [0.3, 0.4) is 0 Å². The quantitative estimate of drug-likeness (QED) is 0.798. The SMILES string of the molecule is Cc1cc(C)n(Cc2ccc(C(=O)N3N=C(C(F)F)C[C@@]3(O)C(F)F)o2)n1. The Labute approximate surface area is 150 Å². The molecule has 7 nitrogen and oxygen atoms in total. The van der Waals surface area contributed by atoms with Crippen LogP contribution < -0.4 is 0 Å². The fourth-order valence-electron chi connectivity index (χ4n) is 2.77. The first-order chi connectivity index (χ1) is 12.6. The summed E-state index contributed by atoms with van der Waals surface area (Å²) >= 11 is 0. The minimum Gasteiger partial charge on any atom is -0.454 e. The lowest BCUT2D eigenvalue weighted by atomic mass is 10.1. The summed E-state index contributed by atoms with van der Waals surface area (Å²) in [6.45, 7) is 3.80. The topological polar surface area (TPSA) is 83.9 Å². The van der Waals surface area contributed by atoms with Crippen molar-refractivity contribution in [2.45, 2.75) is 45.4 Å². The van der Waals surface area contributed by atoms with Crippen molar-refractivity contribution in [1.29, 1.82) is 0 Å². The van der Waals surface area contributed by atoms with E-state index in [9.17, 15) is 27.5 Å². The maximum atomic E-state index is 13.2. The van der Waals surface area contributed by atoms with Crippen molar-refractivity contribution in [3.8, 4) is 0 Å². The predicted octanol–water partition coefficient (Wildman–Crippen LogP) is 2.56. The summed E-state index contributed by atoms with van der Waals surface area (Å²) in [4.78, 5) is 12.4. The molecule has 0 saturated heterocycles. The first-order valence-electron chi connectivity index (χ1n) is 7.92. The molecule has 1 aliphatic rings. The van der Waals surface area contributed by atoms with Crippen LogP contribution in [-0.4, -0.2) is 50.1 Å². The van der Waals surface area contributed by atoms with Crippen molar-refractivity contribution in [2.24, 2.45) is 5.10 Å². The van der Waals surface area contributed by atoms with E-state index in [1.54, 1.807) is 11.6 Å². The van der Waals surface area contributed by atoms with Gasteiger partial charge >= 0.3 is 5.91 Å². The van der Waals surface area contributed by atoms with E-state index in [0.29, 0.717) is 5.76 Å². The number of nitrogens with zero attached hydrogens (tertiary/aromatic N) is 4. The monoisotopic (exact) mass is 388 g/mol. The summed E-state index contributed by atoms with van der Waals surface area (Å²) in [6.07, 6.45) is -7.82. The third kappa shape index (κ3) is 3.46. The molecule has 3 rings (SSSR count). The van der Waals surface area contributed by atoms with E-state index in [1.165, 1.54) is 12.1 Å². The molecule has 11 heteroatoms. The number of carbonyl (C=O) groups excluding carboxylic acids is 1. The van der Waals surface area contributed by atoms with E-state index >= 15 is 0 Å². The Kier molecular flexibility index (Phi) is 4.81. The summed E-state index contributed by atoms with van der Waals surface area (Å²) in [7, 11) is 0. The molecular weight excluding hydrogens is 372 g/mol. The van der Waals surface area contributed by atoms with Gasteiger partial charge in [0.15, 0.2) is 5.76 Å². The number of hydrogen-bond acceptors (Lipinski definition) is 5. The predicted molar refractivity (Wildman–Crippen MR) is 84.7 cm³/mol. The lowest BCUT2D eigenvalue weighted by molar-refractivity contribution is -0.164. The van der Waals surface area contributed by atoms with E-state index in [4.69, 9.17) is 4.42 Å². The van der Waals surface area contributed by atoms with Crippen molar-refractivity contribution < 1.29 is 31.9 Å². The molecule has 0 aromatic carbocycles. The zero-order valence-electron chi connectivity index (χ0n) is 14.4. The van der Waals surface area contributed by atoms with Crippen molar-refractivity contribution >= 4 is 11.6 Å². The first kappa shape index (κ1) is 19.1. The van der Waals surface area contributed by atoms with Gasteiger partial charge in [-0.25, -0.2) is 17.6 Å². The molecule has 0 saturated carbocycles. The van der Waals surface area contributed by atoms with Gasteiger partial charge in [0.25, 0.3) is 12.9 Å². The zero-order chi connectivity index (χ0) is 19.9. The third-order valence-corrected chi connectivity index (χ3v) is 4.11. The van der Waals surface area contributed by atoms with Crippen molar-refractivity contribution in [3.63, 3.8) is 0 Å². The Morgan fingerprint density at radius 3 is 2.59 bits per heavy atom. The molecule has 2 aromatic heterocycles. The highest BCUT2D eigenvalue weighted by Crippen LogP contribution is 2.34. The number of amides is 1. The molecule has 0 unspecified atom stereocenters. The second-order valence-electron chi connectivity index (χ2n) is 6.22. The fourth-order valence-corrected chi connectivity index (χ4v) is 2.77. The van der Waals surface area contributed by atoms with Crippen LogP contribution in [0.5, 0.6) is 0 Å². The fraction of sp³-hybridized carbons (Fsp3) is 0.438. The summed E-state index contributed by atoms with van der Waals surface area (Å²) in [5.41, 5.74) is -2.52. The number of rotatable bonds is 5. The summed E-state index contributed by atoms with van der Waals surface area (Å²) in [6, 6.07) is 4.46. The van der Waals surface area contributed by atoms with Gasteiger partial charge in [0.1, 0.15) is 11.5 Å². The maximum absolute atomic E-state index is 13.2. The molecule has 3 heterocycles. The van der Waals surface area contributed by atoms with Gasteiger partial charge in [0.05, 0.1) is 12.2 Å². The van der Waals surface area contributed by atoms with Crippen LogP contribution in [0.25, 0.3) is 0 Å². The van der Waals surface area contributed by atoms with Gasteiger partial charge in [-0.2, -0.15) is 15.2 Å². The average Bonchev–Trinajstić information content (AvgIpc) is 3.26. The lowest BCUT2D eigenvalue weighted by Gasteiger charge is -2.29. The Balaban J connectivity index is 1.84. The van der Waals surface area contributed by atoms with Gasteiger partial charge in [-0.15, -0.1) is 0 Å². The Bertz CT molecular complexity index is 892. The number of aryl methyl sites for hydroxylation is 2. The first-order valence-corrected chi connectivity index (χ1v) is 7.92. The number of aliphatic hydroxyl groups is 1. The van der Waals surface area contributed by atoms with E-state index in [-0.39, 0.29) is 11.6 Å². The second kappa shape index (κ2) is 6.80. The van der Waals surface area contributed by atoms with Crippen LogP contribution >= 0.6 is 0 Å². The molecule has 0 bridgehead atoms. The molecule has 1 N–H and O–H groups in total. The van der Waals surface area contributed by atoms with Crippen LogP contribution in [0, 0.1) is 13.8 Å². The third-order valence-electron chi connectivity index (χ3n) is 4.11. The van der Waals surface area contributed by atoms with Crippen molar-refractivity contribution in [3.05, 3.63) is 41.1 Å². The molecule has 1 amide bonds. The van der Waals surface area contributed by atoms with Gasteiger partial charge in [0.2, 0.25) is 5.72 Å². The maximum Gasteiger partial charge on any atom is 0.312 e. The highest BCUT2D eigenvalue weighted by molar-refractivity contribution is 5.97. The molecule has 0 aliphatic carbocycles. The number of carbonyl (C=O) groups is 1. The molecule has 0 spiro atoms. The van der Waals surface area contributed by atoms with E-state index < -0.39 is 42.4 Å². The van der Waals surface area contributed by atoms with Crippen LogP contribution in [0.2, 0.25) is 0 Å². The van der Waals surface area contributed by atoms with Gasteiger partial charge in [-0.05, 0) is 32.0 Å². The highest BCUT2D eigenvalue weighted by Gasteiger charge is 2.53. The number of aromatic nitrogens is 2. The number of hydrazone groups is 1. The lowest BCUT2D eigenvalue weighted by Crippen LogP contribution is -2.51. The largest absolute Gasteiger partial charge is 0.454 e. The van der Waals surface area contributed by atoms with Crippen LogP contribution in [0.4, 0.5) is 17.6 Å². The molecule has 0 radical (unpaired) electrons. The number of halogens is 4. The average molecular weight is 388 g/mol.